The SMILES string of the molecule is C=CCN(C(C)=O)C1CC(=O)N(c2ccc(I)cc2)C1=O. The average molecular weight is 398 g/mol. The molecule has 3 amide bonds. The van der Waals surface area contributed by atoms with Crippen molar-refractivity contribution in [2.24, 2.45) is 0 Å². The maximum atomic E-state index is 12.5. The number of nitrogens with zero attached hydrogens (tertiary/aromatic N) is 2. The zero-order valence-electron chi connectivity index (χ0n) is 11.6. The Hall–Kier alpha value is -1.70. The van der Waals surface area contributed by atoms with Gasteiger partial charge in [0, 0.05) is 17.0 Å². The summed E-state index contributed by atoms with van der Waals surface area (Å²) >= 11 is 2.15. The number of anilines is 1. The normalized spacial score (nSPS) is 18.0. The molecular formula is C15H15IN2O3. The van der Waals surface area contributed by atoms with Crippen LogP contribution in [0.1, 0.15) is 13.3 Å². The maximum Gasteiger partial charge on any atom is 0.257 e. The molecule has 110 valence electrons. The van der Waals surface area contributed by atoms with E-state index in [0.29, 0.717) is 5.69 Å². The number of amides is 3. The Bertz CT molecular complexity index is 597. The zero-order chi connectivity index (χ0) is 15.6. The minimum absolute atomic E-state index is 0.0121. The molecule has 1 fully saturated rings. The van der Waals surface area contributed by atoms with E-state index in [1.54, 1.807) is 18.2 Å². The molecule has 1 aliphatic rings. The molecule has 5 nitrogen and oxygen atoms in total. The third-order valence-corrected chi connectivity index (χ3v) is 4.03. The van der Waals surface area contributed by atoms with Crippen LogP contribution in [-0.4, -0.2) is 35.2 Å². The number of hydrogen-bond donors (Lipinski definition) is 0. The van der Waals surface area contributed by atoms with Gasteiger partial charge in [-0.3, -0.25) is 14.4 Å². The molecule has 1 atom stereocenters. The molecule has 0 N–H and O–H groups in total. The Morgan fingerprint density at radius 1 is 1.43 bits per heavy atom. The molecule has 21 heavy (non-hydrogen) atoms. The smallest absolute Gasteiger partial charge is 0.257 e. The van der Waals surface area contributed by atoms with Crippen LogP contribution < -0.4 is 4.90 Å². The number of rotatable bonds is 4. The van der Waals surface area contributed by atoms with Gasteiger partial charge in [0.2, 0.25) is 11.8 Å². The number of benzene rings is 1. The lowest BCUT2D eigenvalue weighted by Crippen LogP contribution is -2.44. The largest absolute Gasteiger partial charge is 0.327 e. The van der Waals surface area contributed by atoms with Crippen molar-refractivity contribution in [3.63, 3.8) is 0 Å². The van der Waals surface area contributed by atoms with Crippen LogP contribution in [0.15, 0.2) is 36.9 Å². The van der Waals surface area contributed by atoms with Crippen molar-refractivity contribution >= 4 is 46.0 Å². The standard InChI is InChI=1S/C15H15IN2O3/c1-3-8-17(10(2)19)13-9-14(20)18(15(13)21)12-6-4-11(16)5-7-12/h3-7,13H,1,8-9H2,2H3. The summed E-state index contributed by atoms with van der Waals surface area (Å²) in [5, 5.41) is 0. The highest BCUT2D eigenvalue weighted by atomic mass is 127. The minimum atomic E-state index is -0.743. The number of imide groups is 1. The zero-order valence-corrected chi connectivity index (χ0v) is 13.7. The Kier molecular flexibility index (Phi) is 4.76. The maximum absolute atomic E-state index is 12.5. The first kappa shape index (κ1) is 15.7. The Balaban J connectivity index is 2.29. The van der Waals surface area contributed by atoms with Gasteiger partial charge in [0.15, 0.2) is 0 Å². The van der Waals surface area contributed by atoms with Gasteiger partial charge in [-0.2, -0.15) is 0 Å². The molecule has 0 saturated carbocycles. The highest BCUT2D eigenvalue weighted by Gasteiger charge is 2.43. The van der Waals surface area contributed by atoms with Crippen LogP contribution in [0.2, 0.25) is 0 Å². The molecule has 0 bridgehead atoms. The Morgan fingerprint density at radius 2 is 2.05 bits per heavy atom. The molecule has 1 aromatic rings. The van der Waals surface area contributed by atoms with Gasteiger partial charge in [0.1, 0.15) is 6.04 Å². The molecule has 1 saturated heterocycles. The van der Waals surface area contributed by atoms with E-state index in [9.17, 15) is 14.4 Å². The fourth-order valence-corrected chi connectivity index (χ4v) is 2.69. The summed E-state index contributed by atoms with van der Waals surface area (Å²) in [7, 11) is 0. The molecule has 0 radical (unpaired) electrons. The van der Waals surface area contributed by atoms with Crippen LogP contribution in [0.5, 0.6) is 0 Å². The van der Waals surface area contributed by atoms with E-state index in [2.05, 4.69) is 29.2 Å². The predicted molar refractivity (Wildman–Crippen MR) is 87.6 cm³/mol. The van der Waals surface area contributed by atoms with E-state index in [1.165, 1.54) is 11.8 Å². The van der Waals surface area contributed by atoms with Gasteiger partial charge in [0.25, 0.3) is 5.91 Å². The first-order valence-corrected chi connectivity index (χ1v) is 7.54. The summed E-state index contributed by atoms with van der Waals surface area (Å²) in [6, 6.07) is 6.37. The molecule has 0 spiro atoms. The molecule has 2 rings (SSSR count). The van der Waals surface area contributed by atoms with Crippen LogP contribution in [0.4, 0.5) is 5.69 Å². The van der Waals surface area contributed by atoms with Gasteiger partial charge in [-0.05, 0) is 46.9 Å². The van der Waals surface area contributed by atoms with Crippen LogP contribution >= 0.6 is 22.6 Å². The van der Waals surface area contributed by atoms with Gasteiger partial charge >= 0.3 is 0 Å². The van der Waals surface area contributed by atoms with Gasteiger partial charge in [-0.25, -0.2) is 4.90 Å². The minimum Gasteiger partial charge on any atom is -0.327 e. The molecule has 6 heteroatoms. The predicted octanol–water partition coefficient (Wildman–Crippen LogP) is 1.96. The summed E-state index contributed by atoms with van der Waals surface area (Å²) in [6.45, 7) is 5.21. The van der Waals surface area contributed by atoms with Gasteiger partial charge < -0.3 is 4.90 Å². The molecule has 0 aromatic heterocycles. The molecule has 1 heterocycles. The summed E-state index contributed by atoms with van der Waals surface area (Å²) in [6.07, 6.45) is 1.56. The van der Waals surface area contributed by atoms with E-state index >= 15 is 0 Å². The second kappa shape index (κ2) is 6.38. The highest BCUT2D eigenvalue weighted by Crippen LogP contribution is 2.26. The molecule has 1 aliphatic heterocycles. The molecular weight excluding hydrogens is 383 g/mol. The van der Waals surface area contributed by atoms with Crippen molar-refractivity contribution in [3.8, 4) is 0 Å². The number of carbonyl (C=O) groups is 3. The van der Waals surface area contributed by atoms with Crippen LogP contribution in [0.3, 0.4) is 0 Å². The number of halogens is 1. The summed E-state index contributed by atoms with van der Waals surface area (Å²) in [5.41, 5.74) is 0.537. The quantitative estimate of drug-likeness (QED) is 0.443. The summed E-state index contributed by atoms with van der Waals surface area (Å²) < 4.78 is 1.02. The van der Waals surface area contributed by atoms with Gasteiger partial charge in [0.05, 0.1) is 12.1 Å². The van der Waals surface area contributed by atoms with Crippen LogP contribution in [0, 0.1) is 3.57 Å². The monoisotopic (exact) mass is 398 g/mol. The van der Waals surface area contributed by atoms with Gasteiger partial charge in [-0.1, -0.05) is 6.08 Å². The second-order valence-corrected chi connectivity index (χ2v) is 5.97. The fraction of sp³-hybridized carbons (Fsp3) is 0.267. The topological polar surface area (TPSA) is 57.7 Å². The number of carbonyl (C=O) groups excluding carboxylic acids is 3. The van der Waals surface area contributed by atoms with Crippen molar-refractivity contribution in [2.45, 2.75) is 19.4 Å². The first-order valence-electron chi connectivity index (χ1n) is 6.46. The highest BCUT2D eigenvalue weighted by molar-refractivity contribution is 14.1. The van der Waals surface area contributed by atoms with E-state index in [-0.39, 0.29) is 30.7 Å². The fourth-order valence-electron chi connectivity index (χ4n) is 2.34. The van der Waals surface area contributed by atoms with E-state index in [0.717, 1.165) is 8.47 Å². The van der Waals surface area contributed by atoms with Crippen molar-refractivity contribution in [1.82, 2.24) is 4.90 Å². The summed E-state index contributed by atoms with van der Waals surface area (Å²) in [5.74, 6) is -0.898. The van der Waals surface area contributed by atoms with Crippen LogP contribution in [0.25, 0.3) is 0 Å². The average Bonchev–Trinajstić information content (AvgIpc) is 2.72. The van der Waals surface area contributed by atoms with E-state index in [4.69, 9.17) is 0 Å². The van der Waals surface area contributed by atoms with Gasteiger partial charge in [-0.15, -0.1) is 6.58 Å². The third kappa shape index (κ3) is 3.15. The molecule has 0 aliphatic carbocycles. The van der Waals surface area contributed by atoms with Crippen molar-refractivity contribution in [2.75, 3.05) is 11.4 Å². The lowest BCUT2D eigenvalue weighted by Gasteiger charge is -2.25. The van der Waals surface area contributed by atoms with Crippen molar-refractivity contribution in [1.29, 1.82) is 0 Å². The third-order valence-electron chi connectivity index (χ3n) is 3.31. The first-order chi connectivity index (χ1) is 9.95. The Labute approximate surface area is 136 Å². The lowest BCUT2D eigenvalue weighted by molar-refractivity contribution is -0.135. The molecule has 1 unspecified atom stereocenters. The van der Waals surface area contributed by atoms with E-state index in [1.807, 2.05) is 12.1 Å². The summed E-state index contributed by atoms with van der Waals surface area (Å²) in [4.78, 5) is 38.8. The van der Waals surface area contributed by atoms with Crippen molar-refractivity contribution in [3.05, 3.63) is 40.5 Å². The van der Waals surface area contributed by atoms with E-state index < -0.39 is 6.04 Å². The van der Waals surface area contributed by atoms with Crippen molar-refractivity contribution < 1.29 is 14.4 Å². The Morgan fingerprint density at radius 3 is 2.57 bits per heavy atom. The molecule has 1 aromatic carbocycles. The number of hydrogen-bond acceptors (Lipinski definition) is 3. The van der Waals surface area contributed by atoms with Crippen LogP contribution in [-0.2, 0) is 14.4 Å². The second-order valence-electron chi connectivity index (χ2n) is 4.72. The lowest BCUT2D eigenvalue weighted by atomic mass is 10.2.